The highest BCUT2D eigenvalue weighted by molar-refractivity contribution is 6.31. The van der Waals surface area contributed by atoms with E-state index in [0.717, 1.165) is 51.4 Å². The number of fused-ring (bicyclic) bond motifs is 1. The molecule has 2 N–H and O–H groups in total. The fraction of sp³-hybridized carbons (Fsp3) is 0.600. The molecule has 5 nitrogen and oxygen atoms in total. The summed E-state index contributed by atoms with van der Waals surface area (Å²) < 4.78 is 13.4. The summed E-state index contributed by atoms with van der Waals surface area (Å²) >= 11 is 5.83. The number of hydrogen-bond donors (Lipinski definition) is 2. The van der Waals surface area contributed by atoms with Gasteiger partial charge in [-0.15, -0.1) is 0 Å². The molecule has 2 aliphatic rings. The monoisotopic (exact) mass is 395 g/mol. The van der Waals surface area contributed by atoms with E-state index in [1.807, 2.05) is 4.90 Å². The standard InChI is InChI=1S/C20H27ClFN3O2/c21-16-13-14(9-10-17(16)22)24-20(27)25-12-6-2-1-5-11-23-19(26)15-7-3-4-8-18(15)25/h9-10,13,15,18H,1-8,11-12H2,(H,23,26)(H,24,27). The van der Waals surface area contributed by atoms with E-state index in [1.54, 1.807) is 0 Å². The molecule has 7 heteroatoms. The third-order valence-electron chi connectivity index (χ3n) is 5.52. The van der Waals surface area contributed by atoms with Crippen LogP contribution in [0.4, 0.5) is 14.9 Å². The van der Waals surface area contributed by atoms with Crippen molar-refractivity contribution < 1.29 is 14.0 Å². The summed E-state index contributed by atoms with van der Waals surface area (Å²) in [4.78, 5) is 27.5. The normalized spacial score (nSPS) is 24.4. The lowest BCUT2D eigenvalue weighted by atomic mass is 9.82. The van der Waals surface area contributed by atoms with Crippen LogP contribution in [0.3, 0.4) is 0 Å². The lowest BCUT2D eigenvalue weighted by Gasteiger charge is -2.39. The highest BCUT2D eigenvalue weighted by Crippen LogP contribution is 2.30. The third-order valence-corrected chi connectivity index (χ3v) is 5.81. The highest BCUT2D eigenvalue weighted by atomic mass is 35.5. The van der Waals surface area contributed by atoms with Gasteiger partial charge >= 0.3 is 6.03 Å². The quantitative estimate of drug-likeness (QED) is 0.732. The van der Waals surface area contributed by atoms with E-state index >= 15 is 0 Å². The lowest BCUT2D eigenvalue weighted by molar-refractivity contribution is -0.127. The molecule has 0 spiro atoms. The Kier molecular flexibility index (Phi) is 6.94. The number of rotatable bonds is 1. The molecule has 0 radical (unpaired) electrons. The SMILES string of the molecule is O=C1NCCCCCCN(C(=O)Nc2ccc(F)c(Cl)c2)C2CCCCC12. The molecule has 0 bridgehead atoms. The van der Waals surface area contributed by atoms with Crippen molar-refractivity contribution in [1.29, 1.82) is 0 Å². The first-order valence-corrected chi connectivity index (χ1v) is 10.2. The van der Waals surface area contributed by atoms with Crippen LogP contribution in [0.2, 0.25) is 5.02 Å². The van der Waals surface area contributed by atoms with Gasteiger partial charge in [0.1, 0.15) is 5.82 Å². The van der Waals surface area contributed by atoms with Crippen molar-refractivity contribution in [2.45, 2.75) is 57.4 Å². The minimum atomic E-state index is -0.520. The maximum atomic E-state index is 13.4. The number of anilines is 1. The van der Waals surface area contributed by atoms with E-state index in [2.05, 4.69) is 10.6 Å². The Bertz CT molecular complexity index is 685. The van der Waals surface area contributed by atoms with Crippen molar-refractivity contribution in [3.8, 4) is 0 Å². The Morgan fingerprint density at radius 1 is 1.15 bits per heavy atom. The van der Waals surface area contributed by atoms with Crippen molar-refractivity contribution in [3.63, 3.8) is 0 Å². The van der Waals surface area contributed by atoms with Gasteiger partial charge in [-0.25, -0.2) is 9.18 Å². The van der Waals surface area contributed by atoms with Crippen LogP contribution in [-0.2, 0) is 4.79 Å². The zero-order valence-corrected chi connectivity index (χ0v) is 16.2. The molecule has 2 atom stereocenters. The zero-order chi connectivity index (χ0) is 19.2. The number of carbonyl (C=O) groups is 2. The van der Waals surface area contributed by atoms with Crippen LogP contribution < -0.4 is 10.6 Å². The van der Waals surface area contributed by atoms with Gasteiger partial charge in [-0.05, 0) is 43.9 Å². The van der Waals surface area contributed by atoms with E-state index in [-0.39, 0.29) is 28.9 Å². The Morgan fingerprint density at radius 3 is 2.74 bits per heavy atom. The average Bonchev–Trinajstić information content (AvgIpc) is 2.69. The second kappa shape index (κ2) is 9.40. The molecular formula is C20H27ClFN3O2. The molecule has 0 aromatic heterocycles. The number of hydrogen-bond acceptors (Lipinski definition) is 2. The molecule has 27 heavy (non-hydrogen) atoms. The summed E-state index contributed by atoms with van der Waals surface area (Å²) in [6.45, 7) is 1.33. The number of nitrogens with one attached hydrogen (secondary N) is 2. The van der Waals surface area contributed by atoms with Crippen LogP contribution in [-0.4, -0.2) is 36.0 Å². The minimum Gasteiger partial charge on any atom is -0.356 e. The maximum Gasteiger partial charge on any atom is 0.322 e. The second-order valence-electron chi connectivity index (χ2n) is 7.42. The number of benzene rings is 1. The van der Waals surface area contributed by atoms with Crippen molar-refractivity contribution in [2.24, 2.45) is 5.92 Å². The number of halogens is 2. The van der Waals surface area contributed by atoms with Gasteiger partial charge in [0, 0.05) is 24.8 Å². The van der Waals surface area contributed by atoms with Gasteiger partial charge in [0.2, 0.25) is 5.91 Å². The highest BCUT2D eigenvalue weighted by Gasteiger charge is 2.37. The second-order valence-corrected chi connectivity index (χ2v) is 7.82. The summed E-state index contributed by atoms with van der Waals surface area (Å²) in [6.07, 6.45) is 7.62. The molecule has 2 fully saturated rings. The molecule has 1 saturated heterocycles. The fourth-order valence-corrected chi connectivity index (χ4v) is 4.26. The Labute approximate surface area is 164 Å². The summed E-state index contributed by atoms with van der Waals surface area (Å²) in [7, 11) is 0. The minimum absolute atomic E-state index is 0.0276. The van der Waals surface area contributed by atoms with E-state index in [0.29, 0.717) is 18.8 Å². The van der Waals surface area contributed by atoms with Gasteiger partial charge in [0.05, 0.1) is 10.9 Å². The summed E-state index contributed by atoms with van der Waals surface area (Å²) in [5.74, 6) is -0.627. The molecule has 1 aliphatic heterocycles. The van der Waals surface area contributed by atoms with Crippen molar-refractivity contribution in [1.82, 2.24) is 10.2 Å². The van der Waals surface area contributed by atoms with Crippen LogP contribution in [0.5, 0.6) is 0 Å². The molecule has 1 aromatic rings. The number of urea groups is 1. The number of carbonyl (C=O) groups excluding carboxylic acids is 2. The van der Waals surface area contributed by atoms with Crippen LogP contribution in [0.25, 0.3) is 0 Å². The van der Waals surface area contributed by atoms with Crippen LogP contribution in [0, 0.1) is 11.7 Å². The third kappa shape index (κ3) is 5.12. The molecule has 2 unspecified atom stereocenters. The van der Waals surface area contributed by atoms with Crippen molar-refractivity contribution in [2.75, 3.05) is 18.4 Å². The predicted octanol–water partition coefficient (Wildman–Crippen LogP) is 4.56. The maximum absolute atomic E-state index is 13.4. The number of amides is 3. The first-order chi connectivity index (χ1) is 13.1. The first-order valence-electron chi connectivity index (χ1n) is 9.86. The molecule has 1 saturated carbocycles. The van der Waals surface area contributed by atoms with Gasteiger partial charge in [-0.3, -0.25) is 4.79 Å². The molecule has 1 heterocycles. The van der Waals surface area contributed by atoms with E-state index in [9.17, 15) is 14.0 Å². The molecule has 3 amide bonds. The topological polar surface area (TPSA) is 61.4 Å². The van der Waals surface area contributed by atoms with Crippen LogP contribution in [0.1, 0.15) is 51.4 Å². The zero-order valence-electron chi connectivity index (χ0n) is 15.5. The van der Waals surface area contributed by atoms with Gasteiger partial charge in [0.25, 0.3) is 0 Å². The molecule has 148 valence electrons. The van der Waals surface area contributed by atoms with Gasteiger partial charge < -0.3 is 15.5 Å². The molecule has 1 aliphatic carbocycles. The number of nitrogens with zero attached hydrogens (tertiary/aromatic N) is 1. The first kappa shape index (κ1) is 19.9. The summed E-state index contributed by atoms with van der Waals surface area (Å²) in [5.41, 5.74) is 0.456. The van der Waals surface area contributed by atoms with Gasteiger partial charge in [-0.2, -0.15) is 0 Å². The Balaban J connectivity index is 1.79. The van der Waals surface area contributed by atoms with Crippen molar-refractivity contribution >= 4 is 29.2 Å². The fourth-order valence-electron chi connectivity index (χ4n) is 4.08. The largest absolute Gasteiger partial charge is 0.356 e. The smallest absolute Gasteiger partial charge is 0.322 e. The molecular weight excluding hydrogens is 369 g/mol. The van der Waals surface area contributed by atoms with E-state index < -0.39 is 5.82 Å². The van der Waals surface area contributed by atoms with Gasteiger partial charge in [0.15, 0.2) is 0 Å². The average molecular weight is 396 g/mol. The summed E-state index contributed by atoms with van der Waals surface area (Å²) in [5, 5.41) is 5.85. The molecule has 3 rings (SSSR count). The van der Waals surface area contributed by atoms with Gasteiger partial charge in [-0.1, -0.05) is 37.3 Å². The van der Waals surface area contributed by atoms with E-state index in [4.69, 9.17) is 11.6 Å². The van der Waals surface area contributed by atoms with E-state index in [1.165, 1.54) is 18.2 Å². The van der Waals surface area contributed by atoms with Crippen LogP contribution >= 0.6 is 11.6 Å². The predicted molar refractivity (Wildman–Crippen MR) is 104 cm³/mol. The van der Waals surface area contributed by atoms with Crippen molar-refractivity contribution in [3.05, 3.63) is 29.0 Å². The lowest BCUT2D eigenvalue weighted by Crippen LogP contribution is -2.52. The Morgan fingerprint density at radius 2 is 1.93 bits per heavy atom. The Hall–Kier alpha value is -1.82. The molecule has 1 aromatic carbocycles. The van der Waals surface area contributed by atoms with Crippen LogP contribution in [0.15, 0.2) is 18.2 Å². The summed E-state index contributed by atoms with van der Waals surface area (Å²) in [6, 6.07) is 3.79.